The van der Waals surface area contributed by atoms with Gasteiger partial charge in [0.25, 0.3) is 0 Å². The van der Waals surface area contributed by atoms with Crippen LogP contribution in [0.15, 0.2) is 10.8 Å². The van der Waals surface area contributed by atoms with Crippen LogP contribution in [0.4, 0.5) is 13.2 Å². The van der Waals surface area contributed by atoms with Crippen molar-refractivity contribution in [2.75, 3.05) is 0 Å². The van der Waals surface area contributed by atoms with E-state index in [0.29, 0.717) is 0 Å². The second-order valence-electron chi connectivity index (χ2n) is 2.01. The van der Waals surface area contributed by atoms with Gasteiger partial charge in [0, 0.05) is 12.3 Å². The molecular formula is C6H3BrF3N2. The number of halogens is 4. The molecule has 0 unspecified atom stereocenters. The Kier molecular flexibility index (Phi) is 2.66. The van der Waals surface area contributed by atoms with Gasteiger partial charge in [0.1, 0.15) is 16.8 Å². The lowest BCUT2D eigenvalue weighted by atomic mass is 10.4. The maximum atomic E-state index is 11.8. The quantitative estimate of drug-likeness (QED) is 0.702. The highest BCUT2D eigenvalue weighted by Crippen LogP contribution is 2.19. The van der Waals surface area contributed by atoms with Crippen molar-refractivity contribution in [3.05, 3.63) is 22.7 Å². The first-order valence-electron chi connectivity index (χ1n) is 2.93. The first kappa shape index (κ1) is 9.44. The van der Waals surface area contributed by atoms with Crippen LogP contribution in [0.2, 0.25) is 0 Å². The molecular weight excluding hydrogens is 237 g/mol. The first-order chi connectivity index (χ1) is 5.47. The van der Waals surface area contributed by atoms with Gasteiger partial charge in [0.15, 0.2) is 0 Å². The standard InChI is InChI=1S/C6H3BrF3N2/c7-4-1-2-11-5(12-4)3-6(8,9)10/h2H,3H2. The number of hydrogen-bond acceptors (Lipinski definition) is 2. The Morgan fingerprint density at radius 2 is 2.17 bits per heavy atom. The third kappa shape index (κ3) is 3.17. The number of aromatic nitrogens is 2. The van der Waals surface area contributed by atoms with Crippen LogP contribution >= 0.6 is 15.9 Å². The zero-order valence-corrected chi connectivity index (χ0v) is 7.28. The van der Waals surface area contributed by atoms with Crippen molar-refractivity contribution in [2.24, 2.45) is 0 Å². The Bertz CT molecular complexity index is 274. The molecule has 0 aliphatic heterocycles. The van der Waals surface area contributed by atoms with Crippen LogP contribution in [0.1, 0.15) is 5.82 Å². The number of alkyl halides is 3. The topological polar surface area (TPSA) is 25.8 Å². The van der Waals surface area contributed by atoms with E-state index >= 15 is 0 Å². The van der Waals surface area contributed by atoms with Crippen LogP contribution in [-0.2, 0) is 6.42 Å². The zero-order chi connectivity index (χ0) is 9.19. The molecule has 1 aromatic heterocycles. The van der Waals surface area contributed by atoms with Crippen LogP contribution in [0.5, 0.6) is 0 Å². The molecule has 12 heavy (non-hydrogen) atoms. The molecule has 0 amide bonds. The minimum Gasteiger partial charge on any atom is -0.240 e. The molecule has 0 N–H and O–H groups in total. The summed E-state index contributed by atoms with van der Waals surface area (Å²) in [4.78, 5) is 6.90. The summed E-state index contributed by atoms with van der Waals surface area (Å²) < 4.78 is 35.5. The van der Waals surface area contributed by atoms with Gasteiger partial charge in [-0.2, -0.15) is 13.2 Å². The molecule has 2 nitrogen and oxygen atoms in total. The Labute approximate surface area is 75.0 Å². The average Bonchev–Trinajstić information content (AvgIpc) is 1.82. The summed E-state index contributed by atoms with van der Waals surface area (Å²) in [6.45, 7) is 0. The van der Waals surface area contributed by atoms with E-state index in [1.165, 1.54) is 0 Å². The number of rotatable bonds is 1. The molecule has 0 saturated carbocycles. The SMILES string of the molecule is FC(F)(F)Cc1nc[c]c(Br)n1. The van der Waals surface area contributed by atoms with Gasteiger partial charge in [0.05, 0.1) is 0 Å². The highest BCUT2D eigenvalue weighted by Gasteiger charge is 2.29. The molecule has 1 radical (unpaired) electrons. The molecule has 0 bridgehead atoms. The van der Waals surface area contributed by atoms with Crippen molar-refractivity contribution in [3.63, 3.8) is 0 Å². The highest BCUT2D eigenvalue weighted by atomic mass is 79.9. The molecule has 65 valence electrons. The molecule has 0 aliphatic rings. The molecule has 0 fully saturated rings. The summed E-state index contributed by atoms with van der Waals surface area (Å²) in [5, 5.41) is 0. The van der Waals surface area contributed by atoms with Crippen molar-refractivity contribution in [3.8, 4) is 0 Å². The fourth-order valence-corrected chi connectivity index (χ4v) is 0.906. The summed E-state index contributed by atoms with van der Waals surface area (Å²) >= 11 is 2.90. The summed E-state index contributed by atoms with van der Waals surface area (Å²) in [6, 6.07) is 2.48. The van der Waals surface area contributed by atoms with Crippen LogP contribution in [-0.4, -0.2) is 16.1 Å². The second kappa shape index (κ2) is 3.38. The van der Waals surface area contributed by atoms with Gasteiger partial charge in [-0.05, 0) is 15.9 Å². The molecule has 1 rings (SSSR count). The molecule has 1 heterocycles. The van der Waals surface area contributed by atoms with Gasteiger partial charge in [-0.1, -0.05) is 0 Å². The van der Waals surface area contributed by atoms with Gasteiger partial charge >= 0.3 is 6.18 Å². The van der Waals surface area contributed by atoms with E-state index in [4.69, 9.17) is 0 Å². The zero-order valence-electron chi connectivity index (χ0n) is 5.69. The van der Waals surface area contributed by atoms with Gasteiger partial charge < -0.3 is 0 Å². The summed E-state index contributed by atoms with van der Waals surface area (Å²) in [7, 11) is 0. The van der Waals surface area contributed by atoms with E-state index in [1.54, 1.807) is 0 Å². The summed E-state index contributed by atoms with van der Waals surface area (Å²) in [5.41, 5.74) is 0. The second-order valence-corrected chi connectivity index (χ2v) is 2.76. The Morgan fingerprint density at radius 3 is 2.67 bits per heavy atom. The third-order valence-electron chi connectivity index (χ3n) is 0.983. The van der Waals surface area contributed by atoms with Crippen molar-refractivity contribution >= 4 is 15.9 Å². The van der Waals surface area contributed by atoms with E-state index in [-0.39, 0.29) is 10.4 Å². The van der Waals surface area contributed by atoms with Crippen LogP contribution in [0, 0.1) is 6.07 Å². The van der Waals surface area contributed by atoms with Crippen LogP contribution < -0.4 is 0 Å². The maximum Gasteiger partial charge on any atom is 0.396 e. The van der Waals surface area contributed by atoms with Gasteiger partial charge in [0.2, 0.25) is 0 Å². The Hall–Kier alpha value is -0.650. The van der Waals surface area contributed by atoms with Gasteiger partial charge in [-0.25, -0.2) is 9.97 Å². The smallest absolute Gasteiger partial charge is 0.240 e. The lowest BCUT2D eigenvalue weighted by Gasteiger charge is -2.03. The van der Waals surface area contributed by atoms with Gasteiger partial charge in [-0.3, -0.25) is 0 Å². The predicted octanol–water partition coefficient (Wildman–Crippen LogP) is 2.14. The fourth-order valence-electron chi connectivity index (χ4n) is 0.599. The molecule has 6 heteroatoms. The van der Waals surface area contributed by atoms with E-state index in [1.807, 2.05) is 0 Å². The lowest BCUT2D eigenvalue weighted by molar-refractivity contribution is -0.128. The average molecular weight is 240 g/mol. The highest BCUT2D eigenvalue weighted by molar-refractivity contribution is 9.10. The monoisotopic (exact) mass is 239 g/mol. The van der Waals surface area contributed by atoms with E-state index < -0.39 is 12.6 Å². The summed E-state index contributed by atoms with van der Waals surface area (Å²) in [5.74, 6) is -0.256. The fraction of sp³-hybridized carbons (Fsp3) is 0.333. The molecule has 0 aromatic carbocycles. The first-order valence-corrected chi connectivity index (χ1v) is 3.72. The lowest BCUT2D eigenvalue weighted by Crippen LogP contribution is -2.14. The molecule has 1 aromatic rings. The predicted molar refractivity (Wildman–Crippen MR) is 38.3 cm³/mol. The minimum atomic E-state index is -4.26. The van der Waals surface area contributed by atoms with Crippen LogP contribution in [0.25, 0.3) is 0 Å². The maximum absolute atomic E-state index is 11.8. The van der Waals surface area contributed by atoms with Gasteiger partial charge in [-0.15, -0.1) is 0 Å². The molecule has 0 aliphatic carbocycles. The van der Waals surface area contributed by atoms with E-state index in [0.717, 1.165) is 6.20 Å². The van der Waals surface area contributed by atoms with E-state index in [2.05, 4.69) is 32.0 Å². The number of nitrogens with zero attached hydrogens (tertiary/aromatic N) is 2. The summed E-state index contributed by atoms with van der Waals surface area (Å²) in [6.07, 6.45) is -4.22. The Morgan fingerprint density at radius 1 is 1.50 bits per heavy atom. The largest absolute Gasteiger partial charge is 0.396 e. The van der Waals surface area contributed by atoms with Crippen molar-refractivity contribution < 1.29 is 13.2 Å². The third-order valence-corrected chi connectivity index (χ3v) is 1.39. The van der Waals surface area contributed by atoms with Crippen molar-refractivity contribution in [1.82, 2.24) is 9.97 Å². The number of hydrogen-bond donors (Lipinski definition) is 0. The molecule has 0 atom stereocenters. The minimum absolute atomic E-state index is 0.233. The Balaban J connectivity index is 2.77. The molecule has 0 saturated heterocycles. The van der Waals surface area contributed by atoms with Crippen molar-refractivity contribution in [1.29, 1.82) is 0 Å². The molecule has 0 spiro atoms. The van der Waals surface area contributed by atoms with Crippen molar-refractivity contribution in [2.45, 2.75) is 12.6 Å². The normalized spacial score (nSPS) is 11.7. The van der Waals surface area contributed by atoms with Crippen LogP contribution in [0.3, 0.4) is 0 Å². The van der Waals surface area contributed by atoms with E-state index in [9.17, 15) is 13.2 Å².